The fourth-order valence-electron chi connectivity index (χ4n) is 1.68. The average Bonchev–Trinajstić information content (AvgIpc) is 2.64. The Balaban J connectivity index is 1.88. The van der Waals surface area contributed by atoms with Crippen molar-refractivity contribution in [1.29, 1.82) is 0 Å². The highest BCUT2D eigenvalue weighted by molar-refractivity contribution is 5.89. The first-order chi connectivity index (χ1) is 8.59. The molecule has 1 aliphatic rings. The van der Waals surface area contributed by atoms with Crippen LogP contribution in [0.2, 0.25) is 0 Å². The van der Waals surface area contributed by atoms with Crippen molar-refractivity contribution in [3.05, 3.63) is 35.9 Å². The van der Waals surface area contributed by atoms with Crippen molar-refractivity contribution < 1.29 is 29.6 Å². The standard InChI is InChI=1S/C12H14O6/c13-9-8(18-12(16)10(9)14)6-17-11(15)7-4-2-1-3-5-7/h1-5,8-10,12-14,16H,6H2/t8-,9+,10-,12?/m1/s1. The van der Waals surface area contributed by atoms with Crippen LogP contribution in [-0.2, 0) is 9.47 Å². The normalized spacial score (nSPS) is 31.3. The Morgan fingerprint density at radius 1 is 1.17 bits per heavy atom. The summed E-state index contributed by atoms with van der Waals surface area (Å²) in [4.78, 5) is 11.6. The zero-order valence-corrected chi connectivity index (χ0v) is 9.47. The molecule has 0 radical (unpaired) electrons. The number of hydrogen-bond acceptors (Lipinski definition) is 6. The molecule has 1 heterocycles. The first-order valence-corrected chi connectivity index (χ1v) is 5.51. The van der Waals surface area contributed by atoms with E-state index >= 15 is 0 Å². The van der Waals surface area contributed by atoms with E-state index in [0.29, 0.717) is 5.56 Å². The summed E-state index contributed by atoms with van der Waals surface area (Å²) in [6.45, 7) is -0.233. The van der Waals surface area contributed by atoms with Crippen molar-refractivity contribution in [1.82, 2.24) is 0 Å². The van der Waals surface area contributed by atoms with Gasteiger partial charge in [0.2, 0.25) is 0 Å². The van der Waals surface area contributed by atoms with E-state index in [4.69, 9.17) is 14.6 Å². The average molecular weight is 254 g/mol. The van der Waals surface area contributed by atoms with Crippen molar-refractivity contribution in [2.45, 2.75) is 24.6 Å². The lowest BCUT2D eigenvalue weighted by Gasteiger charge is -2.14. The third-order valence-electron chi connectivity index (χ3n) is 2.73. The van der Waals surface area contributed by atoms with Gasteiger partial charge in [0.25, 0.3) is 0 Å². The van der Waals surface area contributed by atoms with Crippen LogP contribution in [0.5, 0.6) is 0 Å². The molecule has 1 fully saturated rings. The Bertz CT molecular complexity index is 406. The zero-order chi connectivity index (χ0) is 13.1. The first kappa shape index (κ1) is 13.0. The van der Waals surface area contributed by atoms with Gasteiger partial charge in [0, 0.05) is 0 Å². The van der Waals surface area contributed by atoms with Gasteiger partial charge in [-0.15, -0.1) is 0 Å². The lowest BCUT2D eigenvalue weighted by atomic mass is 10.1. The van der Waals surface area contributed by atoms with Gasteiger partial charge in [-0.1, -0.05) is 18.2 Å². The van der Waals surface area contributed by atoms with Gasteiger partial charge in [-0.05, 0) is 12.1 Å². The first-order valence-electron chi connectivity index (χ1n) is 5.51. The smallest absolute Gasteiger partial charge is 0.338 e. The molecule has 3 N–H and O–H groups in total. The number of carbonyl (C=O) groups is 1. The number of hydrogen-bond donors (Lipinski definition) is 3. The van der Waals surface area contributed by atoms with Crippen molar-refractivity contribution in [3.8, 4) is 0 Å². The molecule has 0 aromatic heterocycles. The third-order valence-corrected chi connectivity index (χ3v) is 2.73. The van der Waals surface area contributed by atoms with Crippen LogP contribution in [0.4, 0.5) is 0 Å². The minimum absolute atomic E-state index is 0.233. The quantitative estimate of drug-likeness (QED) is 0.616. The molecule has 0 aliphatic carbocycles. The molecular weight excluding hydrogens is 240 g/mol. The SMILES string of the molecule is O=C(OC[C@H]1OC(O)[C@H](O)[C@H]1O)c1ccccc1. The van der Waals surface area contributed by atoms with Crippen LogP contribution in [-0.4, -0.2) is 52.5 Å². The van der Waals surface area contributed by atoms with E-state index in [0.717, 1.165) is 0 Å². The summed E-state index contributed by atoms with van der Waals surface area (Å²) in [6.07, 6.45) is -5.04. The van der Waals surface area contributed by atoms with E-state index in [1.54, 1.807) is 30.3 Å². The van der Waals surface area contributed by atoms with E-state index < -0.39 is 30.6 Å². The van der Waals surface area contributed by atoms with Gasteiger partial charge < -0.3 is 24.8 Å². The molecule has 98 valence electrons. The number of benzene rings is 1. The van der Waals surface area contributed by atoms with Crippen LogP contribution in [0.15, 0.2) is 30.3 Å². The Morgan fingerprint density at radius 2 is 1.83 bits per heavy atom. The van der Waals surface area contributed by atoms with Gasteiger partial charge in [-0.2, -0.15) is 0 Å². The molecule has 0 spiro atoms. The molecule has 1 saturated heterocycles. The Kier molecular flexibility index (Phi) is 3.93. The second kappa shape index (κ2) is 5.45. The molecule has 18 heavy (non-hydrogen) atoms. The zero-order valence-electron chi connectivity index (χ0n) is 9.47. The molecule has 6 nitrogen and oxygen atoms in total. The third kappa shape index (κ3) is 2.68. The van der Waals surface area contributed by atoms with E-state index in [1.165, 1.54) is 0 Å². The van der Waals surface area contributed by atoms with Gasteiger partial charge in [-0.25, -0.2) is 4.79 Å². The maximum absolute atomic E-state index is 11.6. The number of ether oxygens (including phenoxy) is 2. The van der Waals surface area contributed by atoms with Gasteiger partial charge in [0.05, 0.1) is 5.56 Å². The molecular formula is C12H14O6. The maximum Gasteiger partial charge on any atom is 0.338 e. The highest BCUT2D eigenvalue weighted by Crippen LogP contribution is 2.20. The van der Waals surface area contributed by atoms with Crippen molar-refractivity contribution in [2.24, 2.45) is 0 Å². The molecule has 0 saturated carbocycles. The topological polar surface area (TPSA) is 96.2 Å². The minimum atomic E-state index is -1.46. The minimum Gasteiger partial charge on any atom is -0.459 e. The number of esters is 1. The monoisotopic (exact) mass is 254 g/mol. The van der Waals surface area contributed by atoms with Gasteiger partial charge in [0.15, 0.2) is 6.29 Å². The molecule has 0 bridgehead atoms. The number of aliphatic hydroxyl groups excluding tert-OH is 3. The summed E-state index contributed by atoms with van der Waals surface area (Å²) < 4.78 is 9.78. The molecule has 1 aromatic carbocycles. The van der Waals surface area contributed by atoms with E-state index in [9.17, 15) is 15.0 Å². The van der Waals surface area contributed by atoms with Crippen molar-refractivity contribution >= 4 is 5.97 Å². The van der Waals surface area contributed by atoms with E-state index in [2.05, 4.69) is 0 Å². The van der Waals surface area contributed by atoms with Gasteiger partial charge >= 0.3 is 5.97 Å². The summed E-state index contributed by atoms with van der Waals surface area (Å²) in [6, 6.07) is 8.36. The van der Waals surface area contributed by atoms with Crippen LogP contribution in [0.1, 0.15) is 10.4 Å². The highest BCUT2D eigenvalue weighted by Gasteiger charge is 2.42. The van der Waals surface area contributed by atoms with Crippen molar-refractivity contribution in [2.75, 3.05) is 6.61 Å². The second-order valence-corrected chi connectivity index (χ2v) is 4.01. The fraction of sp³-hybridized carbons (Fsp3) is 0.417. The Labute approximate surface area is 103 Å². The van der Waals surface area contributed by atoms with Crippen molar-refractivity contribution in [3.63, 3.8) is 0 Å². The van der Waals surface area contributed by atoms with Gasteiger partial charge in [0.1, 0.15) is 24.9 Å². The Hall–Kier alpha value is -1.47. The second-order valence-electron chi connectivity index (χ2n) is 4.01. The van der Waals surface area contributed by atoms with Crippen LogP contribution in [0.3, 0.4) is 0 Å². The number of rotatable bonds is 3. The summed E-state index contributed by atoms with van der Waals surface area (Å²) in [7, 11) is 0. The summed E-state index contributed by atoms with van der Waals surface area (Å²) in [5.74, 6) is -0.553. The predicted octanol–water partition coefficient (Wildman–Crippen LogP) is -0.718. The lowest BCUT2D eigenvalue weighted by molar-refractivity contribution is -0.133. The molecule has 6 heteroatoms. The lowest BCUT2D eigenvalue weighted by Crippen LogP contribution is -2.34. The maximum atomic E-state index is 11.6. The van der Waals surface area contributed by atoms with E-state index in [1.807, 2.05) is 0 Å². The fourth-order valence-corrected chi connectivity index (χ4v) is 1.68. The van der Waals surface area contributed by atoms with Crippen LogP contribution >= 0.6 is 0 Å². The van der Waals surface area contributed by atoms with Gasteiger partial charge in [-0.3, -0.25) is 0 Å². The van der Waals surface area contributed by atoms with Crippen LogP contribution in [0.25, 0.3) is 0 Å². The number of aliphatic hydroxyl groups is 3. The van der Waals surface area contributed by atoms with Crippen LogP contribution < -0.4 is 0 Å². The number of carbonyl (C=O) groups excluding carboxylic acids is 1. The van der Waals surface area contributed by atoms with E-state index in [-0.39, 0.29) is 6.61 Å². The van der Waals surface area contributed by atoms with Crippen LogP contribution in [0, 0.1) is 0 Å². The summed E-state index contributed by atoms with van der Waals surface area (Å²) in [5, 5.41) is 27.9. The molecule has 1 aromatic rings. The predicted molar refractivity (Wildman–Crippen MR) is 59.6 cm³/mol. The molecule has 4 atom stereocenters. The molecule has 0 amide bonds. The molecule has 2 rings (SSSR count). The summed E-state index contributed by atoms with van der Waals surface area (Å²) >= 11 is 0. The largest absolute Gasteiger partial charge is 0.459 e. The molecule has 1 unspecified atom stereocenters. The summed E-state index contributed by atoms with van der Waals surface area (Å²) in [5.41, 5.74) is 0.381. The molecule has 1 aliphatic heterocycles. The Morgan fingerprint density at radius 3 is 2.39 bits per heavy atom. The highest BCUT2D eigenvalue weighted by atomic mass is 16.7.